The Morgan fingerprint density at radius 1 is 0.963 bits per heavy atom. The number of carbonyl (C=O) groups excluding carboxylic acids is 1. The summed E-state index contributed by atoms with van der Waals surface area (Å²) >= 11 is 0. The van der Waals surface area contributed by atoms with Gasteiger partial charge in [0.1, 0.15) is 0 Å². The summed E-state index contributed by atoms with van der Waals surface area (Å²) in [6, 6.07) is 14.9. The number of hydrogen-bond donors (Lipinski definition) is 0. The van der Waals surface area contributed by atoms with Crippen LogP contribution in [0.4, 0.5) is 5.69 Å². The van der Waals surface area contributed by atoms with Gasteiger partial charge in [-0.25, -0.2) is 0 Å². The lowest BCUT2D eigenvalue weighted by molar-refractivity contribution is -0.131. The molecule has 1 saturated heterocycles. The van der Waals surface area contributed by atoms with E-state index in [2.05, 4.69) is 73.0 Å². The standard InChI is InChI=1S/C23H31N3O/c1-18-8-10-21(11-9-18)16-24(4)23(27)17-25-12-14-26(15-13-25)22-7-5-6-19(2)20(22)3/h5-11H,12-17H2,1-4H3. The van der Waals surface area contributed by atoms with E-state index < -0.39 is 0 Å². The van der Waals surface area contributed by atoms with Crippen molar-refractivity contribution < 1.29 is 4.79 Å². The number of aryl methyl sites for hydroxylation is 2. The number of rotatable bonds is 5. The Morgan fingerprint density at radius 2 is 1.63 bits per heavy atom. The highest BCUT2D eigenvalue weighted by atomic mass is 16.2. The first-order valence-electron chi connectivity index (χ1n) is 9.77. The van der Waals surface area contributed by atoms with Gasteiger partial charge in [-0.2, -0.15) is 0 Å². The lowest BCUT2D eigenvalue weighted by atomic mass is 10.1. The van der Waals surface area contributed by atoms with Crippen molar-refractivity contribution in [2.75, 3.05) is 44.7 Å². The van der Waals surface area contributed by atoms with Crippen LogP contribution in [-0.4, -0.2) is 55.5 Å². The Labute approximate surface area is 163 Å². The molecule has 4 nitrogen and oxygen atoms in total. The molecule has 3 rings (SSSR count). The van der Waals surface area contributed by atoms with Crippen LogP contribution in [0, 0.1) is 20.8 Å². The number of hydrogen-bond acceptors (Lipinski definition) is 3. The summed E-state index contributed by atoms with van der Waals surface area (Å²) in [6.07, 6.45) is 0. The molecule has 1 heterocycles. The second-order valence-corrected chi connectivity index (χ2v) is 7.72. The molecule has 0 aliphatic carbocycles. The number of piperazine rings is 1. The quantitative estimate of drug-likeness (QED) is 0.813. The van der Waals surface area contributed by atoms with Crippen molar-refractivity contribution in [1.29, 1.82) is 0 Å². The maximum absolute atomic E-state index is 12.6. The van der Waals surface area contributed by atoms with Gasteiger partial charge < -0.3 is 9.80 Å². The molecule has 144 valence electrons. The molecule has 0 N–H and O–H groups in total. The van der Waals surface area contributed by atoms with Gasteiger partial charge >= 0.3 is 0 Å². The zero-order chi connectivity index (χ0) is 19.4. The molecule has 2 aromatic carbocycles. The smallest absolute Gasteiger partial charge is 0.236 e. The summed E-state index contributed by atoms with van der Waals surface area (Å²) in [7, 11) is 1.90. The molecular formula is C23H31N3O. The Balaban J connectivity index is 1.50. The van der Waals surface area contributed by atoms with Crippen molar-refractivity contribution in [2.24, 2.45) is 0 Å². The van der Waals surface area contributed by atoms with Crippen LogP contribution in [0.1, 0.15) is 22.3 Å². The third kappa shape index (κ3) is 4.89. The molecular weight excluding hydrogens is 334 g/mol. The van der Waals surface area contributed by atoms with E-state index in [1.807, 2.05) is 11.9 Å². The van der Waals surface area contributed by atoms with E-state index in [0.29, 0.717) is 13.1 Å². The molecule has 0 spiro atoms. The summed E-state index contributed by atoms with van der Waals surface area (Å²) in [6.45, 7) is 11.4. The fraction of sp³-hybridized carbons (Fsp3) is 0.435. The van der Waals surface area contributed by atoms with Crippen LogP contribution in [0.3, 0.4) is 0 Å². The van der Waals surface area contributed by atoms with Gasteiger partial charge in [-0.05, 0) is 43.5 Å². The van der Waals surface area contributed by atoms with Crippen molar-refractivity contribution in [3.05, 3.63) is 64.7 Å². The molecule has 0 unspecified atom stereocenters. The molecule has 1 aliphatic heterocycles. The Morgan fingerprint density at radius 3 is 2.30 bits per heavy atom. The van der Waals surface area contributed by atoms with Crippen molar-refractivity contribution in [3.8, 4) is 0 Å². The van der Waals surface area contributed by atoms with Crippen molar-refractivity contribution in [3.63, 3.8) is 0 Å². The highest BCUT2D eigenvalue weighted by molar-refractivity contribution is 5.78. The fourth-order valence-corrected chi connectivity index (χ4v) is 3.59. The highest BCUT2D eigenvalue weighted by Gasteiger charge is 2.21. The second-order valence-electron chi connectivity index (χ2n) is 7.72. The second kappa shape index (κ2) is 8.57. The zero-order valence-electron chi connectivity index (χ0n) is 17.0. The Kier molecular flexibility index (Phi) is 6.17. The van der Waals surface area contributed by atoms with Gasteiger partial charge in [0.2, 0.25) is 5.91 Å². The molecule has 0 saturated carbocycles. The average molecular weight is 366 g/mol. The predicted octanol–water partition coefficient (Wildman–Crippen LogP) is 3.39. The monoisotopic (exact) mass is 365 g/mol. The molecule has 27 heavy (non-hydrogen) atoms. The molecule has 1 fully saturated rings. The zero-order valence-corrected chi connectivity index (χ0v) is 17.0. The normalized spacial score (nSPS) is 15.0. The minimum atomic E-state index is 0.191. The van der Waals surface area contributed by atoms with Crippen LogP contribution in [0.2, 0.25) is 0 Å². The van der Waals surface area contributed by atoms with E-state index >= 15 is 0 Å². The van der Waals surface area contributed by atoms with Crippen molar-refractivity contribution in [2.45, 2.75) is 27.3 Å². The Bertz CT molecular complexity index is 777. The summed E-state index contributed by atoms with van der Waals surface area (Å²) in [5.41, 5.74) is 6.45. The van der Waals surface area contributed by atoms with Gasteiger partial charge in [0.05, 0.1) is 6.54 Å². The predicted molar refractivity (Wildman–Crippen MR) is 112 cm³/mol. The third-order valence-corrected chi connectivity index (χ3v) is 5.61. The number of nitrogens with zero attached hydrogens (tertiary/aromatic N) is 3. The highest BCUT2D eigenvalue weighted by Crippen LogP contribution is 2.23. The lowest BCUT2D eigenvalue weighted by Crippen LogP contribution is -2.49. The van der Waals surface area contributed by atoms with E-state index in [-0.39, 0.29) is 5.91 Å². The number of likely N-dealkylation sites (N-methyl/N-ethyl adjacent to an activating group) is 1. The average Bonchev–Trinajstić information content (AvgIpc) is 2.66. The molecule has 0 radical (unpaired) electrons. The first-order valence-corrected chi connectivity index (χ1v) is 9.77. The molecule has 0 bridgehead atoms. The fourth-order valence-electron chi connectivity index (χ4n) is 3.59. The van der Waals surface area contributed by atoms with Crippen LogP contribution in [0.5, 0.6) is 0 Å². The topological polar surface area (TPSA) is 26.8 Å². The van der Waals surface area contributed by atoms with Crippen LogP contribution in [0.25, 0.3) is 0 Å². The summed E-state index contributed by atoms with van der Waals surface area (Å²) in [4.78, 5) is 19.2. The maximum atomic E-state index is 12.6. The molecule has 1 aliphatic rings. The van der Waals surface area contributed by atoms with E-state index in [1.54, 1.807) is 0 Å². The first kappa shape index (κ1) is 19.4. The Hall–Kier alpha value is -2.33. The first-order chi connectivity index (χ1) is 12.9. The SMILES string of the molecule is Cc1ccc(CN(C)C(=O)CN2CCN(c3cccc(C)c3C)CC2)cc1. The van der Waals surface area contributed by atoms with Crippen LogP contribution in [-0.2, 0) is 11.3 Å². The lowest BCUT2D eigenvalue weighted by Gasteiger charge is -2.37. The van der Waals surface area contributed by atoms with Crippen LogP contribution in [0.15, 0.2) is 42.5 Å². The minimum Gasteiger partial charge on any atom is -0.369 e. The van der Waals surface area contributed by atoms with Gasteiger partial charge in [0.25, 0.3) is 0 Å². The molecule has 1 amide bonds. The van der Waals surface area contributed by atoms with E-state index in [9.17, 15) is 4.79 Å². The number of anilines is 1. The van der Waals surface area contributed by atoms with Crippen molar-refractivity contribution >= 4 is 11.6 Å². The van der Waals surface area contributed by atoms with Crippen LogP contribution >= 0.6 is 0 Å². The molecule has 2 aromatic rings. The summed E-state index contributed by atoms with van der Waals surface area (Å²) < 4.78 is 0. The third-order valence-electron chi connectivity index (χ3n) is 5.61. The summed E-state index contributed by atoms with van der Waals surface area (Å²) in [5.74, 6) is 0.191. The molecule has 4 heteroatoms. The number of carbonyl (C=O) groups is 1. The van der Waals surface area contributed by atoms with E-state index in [0.717, 1.165) is 26.2 Å². The minimum absolute atomic E-state index is 0.191. The van der Waals surface area contributed by atoms with Gasteiger partial charge in [0, 0.05) is 45.5 Å². The molecule has 0 aromatic heterocycles. The maximum Gasteiger partial charge on any atom is 0.236 e. The number of benzene rings is 2. The van der Waals surface area contributed by atoms with Gasteiger partial charge in [-0.15, -0.1) is 0 Å². The summed E-state index contributed by atoms with van der Waals surface area (Å²) in [5, 5.41) is 0. The van der Waals surface area contributed by atoms with Crippen LogP contribution < -0.4 is 4.90 Å². The molecule has 0 atom stereocenters. The van der Waals surface area contributed by atoms with Gasteiger partial charge in [-0.3, -0.25) is 9.69 Å². The number of amides is 1. The largest absolute Gasteiger partial charge is 0.369 e. The van der Waals surface area contributed by atoms with Crippen molar-refractivity contribution in [1.82, 2.24) is 9.80 Å². The van der Waals surface area contributed by atoms with Gasteiger partial charge in [0.15, 0.2) is 0 Å². The van der Waals surface area contributed by atoms with E-state index in [1.165, 1.54) is 27.9 Å². The van der Waals surface area contributed by atoms with E-state index in [4.69, 9.17) is 0 Å². The van der Waals surface area contributed by atoms with Gasteiger partial charge in [-0.1, -0.05) is 42.0 Å².